The van der Waals surface area contributed by atoms with Crippen molar-refractivity contribution >= 4 is 27.8 Å². The molecule has 3 aromatic rings. The average molecular weight is 382 g/mol. The quantitative estimate of drug-likeness (QED) is 0.618. The van der Waals surface area contributed by atoms with Crippen LogP contribution in [0, 0.1) is 5.82 Å². The van der Waals surface area contributed by atoms with Crippen molar-refractivity contribution in [1.29, 1.82) is 0 Å². The highest BCUT2D eigenvalue weighted by molar-refractivity contribution is 7.91. The van der Waals surface area contributed by atoms with Crippen LogP contribution in [0.5, 0.6) is 0 Å². The molecule has 0 aliphatic carbocycles. The fraction of sp³-hybridized carbons (Fsp3) is 0.0952. The topological polar surface area (TPSA) is 50.3 Å². The summed E-state index contributed by atoms with van der Waals surface area (Å²) in [4.78, 5) is 6.22. The first-order valence-corrected chi connectivity index (χ1v) is 9.77. The Balaban J connectivity index is 1.87. The van der Waals surface area contributed by atoms with Gasteiger partial charge in [-0.2, -0.15) is 0 Å². The highest BCUT2D eigenvalue weighted by Crippen LogP contribution is 2.27. The van der Waals surface area contributed by atoms with E-state index in [1.54, 1.807) is 73.7 Å². The molecule has 4 nitrogen and oxygen atoms in total. The molecule has 0 N–H and O–H groups in total. The Morgan fingerprint density at radius 2 is 1.44 bits per heavy atom. The average Bonchev–Trinajstić information content (AvgIpc) is 2.68. The van der Waals surface area contributed by atoms with E-state index in [1.807, 2.05) is 12.2 Å². The third-order valence-corrected chi connectivity index (χ3v) is 5.78. The van der Waals surface area contributed by atoms with E-state index < -0.39 is 9.84 Å². The second-order valence-corrected chi connectivity index (χ2v) is 8.10. The normalized spacial score (nSPS) is 11.7. The van der Waals surface area contributed by atoms with Gasteiger partial charge in [0.05, 0.1) is 4.90 Å². The summed E-state index contributed by atoms with van der Waals surface area (Å²) in [6.45, 7) is 0. The van der Waals surface area contributed by atoms with Crippen molar-refractivity contribution < 1.29 is 12.8 Å². The van der Waals surface area contributed by atoms with E-state index in [-0.39, 0.29) is 15.6 Å². The molecule has 0 fully saturated rings. The van der Waals surface area contributed by atoms with Crippen LogP contribution in [0.1, 0.15) is 11.1 Å². The molecule has 2 aromatic carbocycles. The summed E-state index contributed by atoms with van der Waals surface area (Å²) < 4.78 is 38.9. The van der Waals surface area contributed by atoms with Crippen LogP contribution < -0.4 is 4.90 Å². The van der Waals surface area contributed by atoms with Crippen LogP contribution in [0.15, 0.2) is 76.7 Å². The van der Waals surface area contributed by atoms with E-state index in [0.717, 1.165) is 11.1 Å². The molecule has 0 aliphatic heterocycles. The maximum absolute atomic E-state index is 13.0. The van der Waals surface area contributed by atoms with Crippen molar-refractivity contribution in [2.45, 2.75) is 9.79 Å². The molecule has 0 radical (unpaired) electrons. The predicted octanol–water partition coefficient (Wildman–Crippen LogP) is 4.29. The minimum absolute atomic E-state index is 0.171. The lowest BCUT2D eigenvalue weighted by Gasteiger charge is -2.15. The number of anilines is 1. The van der Waals surface area contributed by atoms with E-state index in [9.17, 15) is 12.8 Å². The lowest BCUT2D eigenvalue weighted by atomic mass is 10.1. The van der Waals surface area contributed by atoms with E-state index in [0.29, 0.717) is 5.82 Å². The first-order valence-electron chi connectivity index (χ1n) is 8.29. The molecule has 6 heteroatoms. The van der Waals surface area contributed by atoms with Gasteiger partial charge in [0.1, 0.15) is 16.5 Å². The van der Waals surface area contributed by atoms with Gasteiger partial charge in [-0.25, -0.2) is 17.8 Å². The lowest BCUT2D eigenvalue weighted by molar-refractivity contribution is 0.595. The summed E-state index contributed by atoms with van der Waals surface area (Å²) in [7, 11) is -0.164. The standard InChI is InChI=1S/C21H19FN2O2S/c1-24(2)21-20(4-3-15-23-21)27(25,26)19-13-9-17(10-14-19)6-5-16-7-11-18(22)12-8-16/h3-15H,1-2H3. The van der Waals surface area contributed by atoms with Crippen molar-refractivity contribution in [3.63, 3.8) is 0 Å². The number of hydrogen-bond donors (Lipinski definition) is 0. The van der Waals surface area contributed by atoms with Crippen LogP contribution >= 0.6 is 0 Å². The molecule has 0 saturated carbocycles. The number of nitrogens with zero attached hydrogens (tertiary/aromatic N) is 2. The number of benzene rings is 2. The first-order chi connectivity index (χ1) is 12.9. The maximum Gasteiger partial charge on any atom is 0.210 e. The summed E-state index contributed by atoms with van der Waals surface area (Å²) >= 11 is 0. The second kappa shape index (κ2) is 7.72. The van der Waals surface area contributed by atoms with Gasteiger partial charge in [-0.05, 0) is 47.5 Å². The molecule has 1 aromatic heterocycles. The van der Waals surface area contributed by atoms with Crippen LogP contribution in [-0.4, -0.2) is 27.5 Å². The molecule has 1 heterocycles. The van der Waals surface area contributed by atoms with E-state index in [2.05, 4.69) is 4.98 Å². The van der Waals surface area contributed by atoms with E-state index >= 15 is 0 Å². The van der Waals surface area contributed by atoms with Crippen molar-refractivity contribution in [3.8, 4) is 0 Å². The summed E-state index contributed by atoms with van der Waals surface area (Å²) in [5.74, 6) is 0.118. The number of rotatable bonds is 5. The molecule has 138 valence electrons. The molecule has 0 spiro atoms. The van der Waals surface area contributed by atoms with Gasteiger partial charge in [0.25, 0.3) is 0 Å². The van der Waals surface area contributed by atoms with Crippen LogP contribution in [0.25, 0.3) is 12.2 Å². The molecular formula is C21H19FN2O2S. The van der Waals surface area contributed by atoms with Gasteiger partial charge in [-0.3, -0.25) is 0 Å². The monoisotopic (exact) mass is 382 g/mol. The zero-order valence-corrected chi connectivity index (χ0v) is 15.8. The fourth-order valence-electron chi connectivity index (χ4n) is 2.58. The first kappa shape index (κ1) is 18.8. The van der Waals surface area contributed by atoms with Crippen LogP contribution in [0.2, 0.25) is 0 Å². The summed E-state index contributed by atoms with van der Waals surface area (Å²) in [6, 6.07) is 15.9. The Bertz CT molecular complexity index is 1060. The number of pyridine rings is 1. The Morgan fingerprint density at radius 1 is 0.889 bits per heavy atom. The molecule has 3 rings (SSSR count). The minimum atomic E-state index is -3.67. The molecule has 0 atom stereocenters. The van der Waals surface area contributed by atoms with Crippen molar-refractivity contribution in [2.24, 2.45) is 0 Å². The smallest absolute Gasteiger partial charge is 0.210 e. The van der Waals surface area contributed by atoms with Crippen molar-refractivity contribution in [3.05, 3.63) is 83.8 Å². The Labute approximate surface area is 158 Å². The molecule has 0 saturated heterocycles. The molecular weight excluding hydrogens is 363 g/mol. The maximum atomic E-state index is 13.0. The zero-order valence-electron chi connectivity index (χ0n) is 15.0. The molecule has 0 amide bonds. The van der Waals surface area contributed by atoms with E-state index in [1.165, 1.54) is 12.1 Å². The number of sulfone groups is 1. The van der Waals surface area contributed by atoms with Gasteiger partial charge in [-0.15, -0.1) is 0 Å². The molecule has 0 bridgehead atoms. The fourth-order valence-corrected chi connectivity index (χ4v) is 4.06. The van der Waals surface area contributed by atoms with Gasteiger partial charge in [-0.1, -0.05) is 36.4 Å². The van der Waals surface area contributed by atoms with Crippen molar-refractivity contribution in [1.82, 2.24) is 4.98 Å². The number of halogens is 1. The van der Waals surface area contributed by atoms with Gasteiger partial charge in [0, 0.05) is 20.3 Å². The molecule has 0 unspecified atom stereocenters. The number of hydrogen-bond acceptors (Lipinski definition) is 4. The van der Waals surface area contributed by atoms with Gasteiger partial charge in [0.15, 0.2) is 0 Å². The Kier molecular flexibility index (Phi) is 5.37. The van der Waals surface area contributed by atoms with Gasteiger partial charge >= 0.3 is 0 Å². The largest absolute Gasteiger partial charge is 0.362 e. The SMILES string of the molecule is CN(C)c1ncccc1S(=O)(=O)c1ccc(C=Cc2ccc(F)cc2)cc1. The number of aromatic nitrogens is 1. The second-order valence-electron chi connectivity index (χ2n) is 6.18. The Hall–Kier alpha value is -2.99. The van der Waals surface area contributed by atoms with Crippen molar-refractivity contribution in [2.75, 3.05) is 19.0 Å². The zero-order chi connectivity index (χ0) is 19.4. The highest BCUT2D eigenvalue weighted by atomic mass is 32.2. The Morgan fingerprint density at radius 3 is 2.00 bits per heavy atom. The minimum Gasteiger partial charge on any atom is -0.362 e. The van der Waals surface area contributed by atoms with Gasteiger partial charge < -0.3 is 4.90 Å². The highest BCUT2D eigenvalue weighted by Gasteiger charge is 2.22. The van der Waals surface area contributed by atoms with E-state index in [4.69, 9.17) is 0 Å². The van der Waals surface area contributed by atoms with Crippen LogP contribution in [0.4, 0.5) is 10.2 Å². The lowest BCUT2D eigenvalue weighted by Crippen LogP contribution is -2.15. The third-order valence-electron chi connectivity index (χ3n) is 3.99. The summed E-state index contributed by atoms with van der Waals surface area (Å²) in [5, 5.41) is 0. The predicted molar refractivity (Wildman–Crippen MR) is 106 cm³/mol. The molecule has 0 aliphatic rings. The third kappa shape index (κ3) is 4.23. The van der Waals surface area contributed by atoms with Gasteiger partial charge in [0.2, 0.25) is 9.84 Å². The summed E-state index contributed by atoms with van der Waals surface area (Å²) in [6.07, 6.45) is 5.25. The molecule has 27 heavy (non-hydrogen) atoms. The van der Waals surface area contributed by atoms with Crippen LogP contribution in [-0.2, 0) is 9.84 Å². The van der Waals surface area contributed by atoms with Crippen LogP contribution in [0.3, 0.4) is 0 Å². The summed E-state index contributed by atoms with van der Waals surface area (Å²) in [5.41, 5.74) is 1.70.